The molecule has 3 rings (SSSR count). The number of carbonyl (C=O) groups excluding carboxylic acids is 1. The quantitative estimate of drug-likeness (QED) is 0.294. The summed E-state index contributed by atoms with van der Waals surface area (Å²) >= 11 is 1.95. The lowest BCUT2D eigenvalue weighted by Crippen LogP contribution is -2.43. The summed E-state index contributed by atoms with van der Waals surface area (Å²) in [4.78, 5) is 22.0. The van der Waals surface area contributed by atoms with Gasteiger partial charge in [0.2, 0.25) is 5.91 Å². The lowest BCUT2D eigenvalue weighted by molar-refractivity contribution is -0.123. The third kappa shape index (κ3) is 6.93. The molecule has 0 radical (unpaired) electrons. The van der Waals surface area contributed by atoms with Gasteiger partial charge in [-0.25, -0.2) is 0 Å². The Morgan fingerprint density at radius 2 is 2.07 bits per heavy atom. The molecule has 0 bridgehead atoms. The topological polar surface area (TPSA) is 74.0 Å². The van der Waals surface area contributed by atoms with E-state index in [0.29, 0.717) is 5.92 Å². The number of hydrogen-bond donors (Lipinski definition) is 2. The molecule has 1 aromatic rings. The van der Waals surface area contributed by atoms with Crippen molar-refractivity contribution in [3.63, 3.8) is 0 Å². The van der Waals surface area contributed by atoms with E-state index in [1.807, 2.05) is 18.8 Å². The smallest absolute Gasteiger partial charge is 0.221 e. The van der Waals surface area contributed by atoms with E-state index in [4.69, 9.17) is 5.73 Å². The van der Waals surface area contributed by atoms with Crippen molar-refractivity contribution in [1.82, 2.24) is 15.1 Å². The number of aliphatic imine (C=N–C) groups is 1. The Bertz CT molecular complexity index is 668. The zero-order valence-electron chi connectivity index (χ0n) is 17.6. The molecule has 2 unspecified atom stereocenters. The third-order valence-corrected chi connectivity index (χ3v) is 7.11. The zero-order chi connectivity index (χ0) is 20.5. The van der Waals surface area contributed by atoms with Crippen LogP contribution in [-0.2, 0) is 4.79 Å². The number of rotatable bonds is 8. The fourth-order valence-corrected chi connectivity index (χ4v) is 5.27. The Kier molecular flexibility index (Phi) is 8.68. The molecular weight excluding hydrogens is 382 g/mol. The predicted octanol–water partition coefficient (Wildman–Crippen LogP) is 2.26. The van der Waals surface area contributed by atoms with Crippen LogP contribution < -0.4 is 11.1 Å². The van der Waals surface area contributed by atoms with E-state index in [-0.39, 0.29) is 11.8 Å². The van der Waals surface area contributed by atoms with Gasteiger partial charge in [-0.15, -0.1) is 11.8 Å². The Hall–Kier alpha value is -1.73. The Morgan fingerprint density at radius 3 is 2.83 bits per heavy atom. The second-order valence-electron chi connectivity index (χ2n) is 8.09. The highest BCUT2D eigenvalue weighted by Gasteiger charge is 2.25. The first kappa shape index (κ1) is 22.0. The maximum Gasteiger partial charge on any atom is 0.221 e. The van der Waals surface area contributed by atoms with Gasteiger partial charge in [-0.1, -0.05) is 18.2 Å². The second kappa shape index (κ2) is 11.5. The van der Waals surface area contributed by atoms with Gasteiger partial charge in [-0.05, 0) is 56.8 Å². The van der Waals surface area contributed by atoms with Crippen LogP contribution >= 0.6 is 11.8 Å². The molecule has 0 aromatic heterocycles. The standard InChI is InChI=1S/C22H35N5OS/c1-24-22(25-11-6-13-26-12-5-7-19(16-26)21(23)28)27-14-10-18(15-27)17-29-20-8-3-2-4-9-20/h2-4,8-9,18-19H,5-7,10-17H2,1H3,(H2,23,28)(H,24,25). The molecule has 1 amide bonds. The number of amides is 1. The summed E-state index contributed by atoms with van der Waals surface area (Å²) in [7, 11) is 1.87. The van der Waals surface area contributed by atoms with Crippen molar-refractivity contribution in [2.75, 3.05) is 52.1 Å². The number of guanidine groups is 1. The van der Waals surface area contributed by atoms with Crippen LogP contribution in [-0.4, -0.2) is 73.7 Å². The number of nitrogens with two attached hydrogens (primary N) is 1. The van der Waals surface area contributed by atoms with Gasteiger partial charge in [0.05, 0.1) is 5.92 Å². The van der Waals surface area contributed by atoms with Crippen molar-refractivity contribution >= 4 is 23.6 Å². The number of thioether (sulfide) groups is 1. The Morgan fingerprint density at radius 1 is 1.24 bits per heavy atom. The molecule has 6 nitrogen and oxygen atoms in total. The minimum absolute atomic E-state index is 0.0276. The number of carbonyl (C=O) groups is 1. The SMILES string of the molecule is CN=C(NCCCN1CCCC(C(N)=O)C1)N1CCC(CSc2ccccc2)C1. The number of likely N-dealkylation sites (tertiary alicyclic amines) is 2. The van der Waals surface area contributed by atoms with Gasteiger partial charge in [0.25, 0.3) is 0 Å². The summed E-state index contributed by atoms with van der Waals surface area (Å²) in [6.45, 7) is 5.95. The normalized spacial score (nSPS) is 23.3. The number of nitrogens with zero attached hydrogens (tertiary/aromatic N) is 3. The third-order valence-electron chi connectivity index (χ3n) is 5.87. The maximum absolute atomic E-state index is 11.4. The fraction of sp³-hybridized carbons (Fsp3) is 0.636. The highest BCUT2D eigenvalue weighted by molar-refractivity contribution is 7.99. The Labute approximate surface area is 179 Å². The van der Waals surface area contributed by atoms with Gasteiger partial charge in [-0.3, -0.25) is 9.79 Å². The van der Waals surface area contributed by atoms with E-state index in [1.54, 1.807) is 0 Å². The number of nitrogens with one attached hydrogen (secondary N) is 1. The van der Waals surface area contributed by atoms with Crippen LogP contribution in [0.25, 0.3) is 0 Å². The summed E-state index contributed by atoms with van der Waals surface area (Å²) in [5.74, 6) is 2.76. The van der Waals surface area contributed by atoms with Crippen molar-refractivity contribution in [2.45, 2.75) is 30.6 Å². The lowest BCUT2D eigenvalue weighted by atomic mass is 9.97. The number of primary amides is 1. The van der Waals surface area contributed by atoms with Crippen LogP contribution in [0.2, 0.25) is 0 Å². The van der Waals surface area contributed by atoms with Crippen LogP contribution in [0, 0.1) is 11.8 Å². The molecule has 2 aliphatic heterocycles. The first-order valence-electron chi connectivity index (χ1n) is 10.8. The largest absolute Gasteiger partial charge is 0.369 e. The number of hydrogen-bond acceptors (Lipinski definition) is 4. The van der Waals surface area contributed by atoms with Crippen LogP contribution in [0.5, 0.6) is 0 Å². The van der Waals surface area contributed by atoms with Gasteiger partial charge in [0.1, 0.15) is 0 Å². The van der Waals surface area contributed by atoms with Gasteiger partial charge < -0.3 is 20.9 Å². The molecule has 7 heteroatoms. The molecule has 0 saturated carbocycles. The molecule has 2 aliphatic rings. The van der Waals surface area contributed by atoms with Crippen molar-refractivity contribution < 1.29 is 4.79 Å². The molecule has 0 aliphatic carbocycles. The summed E-state index contributed by atoms with van der Waals surface area (Å²) in [5.41, 5.74) is 5.48. The molecule has 2 fully saturated rings. The van der Waals surface area contributed by atoms with E-state index >= 15 is 0 Å². The summed E-state index contributed by atoms with van der Waals surface area (Å²) in [6, 6.07) is 10.6. The predicted molar refractivity (Wildman–Crippen MR) is 121 cm³/mol. The lowest BCUT2D eigenvalue weighted by Gasteiger charge is -2.31. The molecule has 29 heavy (non-hydrogen) atoms. The Balaban J connectivity index is 1.33. The molecule has 2 atom stereocenters. The minimum atomic E-state index is -0.151. The first-order valence-corrected chi connectivity index (χ1v) is 11.8. The van der Waals surface area contributed by atoms with Crippen molar-refractivity contribution in [3.05, 3.63) is 30.3 Å². The van der Waals surface area contributed by atoms with Gasteiger partial charge >= 0.3 is 0 Å². The van der Waals surface area contributed by atoms with Gasteiger partial charge in [0, 0.05) is 43.9 Å². The summed E-state index contributed by atoms with van der Waals surface area (Å²) in [6.07, 6.45) is 4.28. The number of benzene rings is 1. The first-order chi connectivity index (χ1) is 14.2. The summed E-state index contributed by atoms with van der Waals surface area (Å²) in [5, 5.41) is 3.53. The maximum atomic E-state index is 11.4. The molecule has 2 heterocycles. The van der Waals surface area contributed by atoms with Crippen LogP contribution in [0.1, 0.15) is 25.7 Å². The van der Waals surface area contributed by atoms with Gasteiger partial charge in [-0.2, -0.15) is 0 Å². The second-order valence-corrected chi connectivity index (χ2v) is 9.19. The molecule has 2 saturated heterocycles. The molecular formula is C22H35N5OS. The highest BCUT2D eigenvalue weighted by Crippen LogP contribution is 2.25. The van der Waals surface area contributed by atoms with E-state index < -0.39 is 0 Å². The van der Waals surface area contributed by atoms with Crippen LogP contribution in [0.15, 0.2) is 40.2 Å². The molecule has 0 spiro atoms. The van der Waals surface area contributed by atoms with E-state index in [1.165, 1.54) is 11.3 Å². The minimum Gasteiger partial charge on any atom is -0.369 e. The zero-order valence-corrected chi connectivity index (χ0v) is 18.4. The van der Waals surface area contributed by atoms with Crippen molar-refractivity contribution in [2.24, 2.45) is 22.6 Å². The monoisotopic (exact) mass is 417 g/mol. The highest BCUT2D eigenvalue weighted by atomic mass is 32.2. The van der Waals surface area contributed by atoms with E-state index in [0.717, 1.165) is 70.2 Å². The van der Waals surface area contributed by atoms with Gasteiger partial charge in [0.15, 0.2) is 5.96 Å². The van der Waals surface area contributed by atoms with E-state index in [2.05, 4.69) is 50.4 Å². The van der Waals surface area contributed by atoms with Crippen molar-refractivity contribution in [3.8, 4) is 0 Å². The number of piperidine rings is 1. The molecule has 1 aromatic carbocycles. The fourth-order valence-electron chi connectivity index (χ4n) is 4.22. The average Bonchev–Trinajstić information content (AvgIpc) is 3.22. The van der Waals surface area contributed by atoms with Crippen LogP contribution in [0.3, 0.4) is 0 Å². The van der Waals surface area contributed by atoms with Crippen LogP contribution in [0.4, 0.5) is 0 Å². The molecule has 3 N–H and O–H groups in total. The van der Waals surface area contributed by atoms with Crippen molar-refractivity contribution in [1.29, 1.82) is 0 Å². The van der Waals surface area contributed by atoms with E-state index in [9.17, 15) is 4.79 Å². The summed E-state index contributed by atoms with van der Waals surface area (Å²) < 4.78 is 0. The average molecular weight is 418 g/mol. The molecule has 160 valence electrons.